The van der Waals surface area contributed by atoms with Crippen molar-refractivity contribution in [1.82, 2.24) is 4.90 Å². The van der Waals surface area contributed by atoms with Gasteiger partial charge in [0.2, 0.25) is 0 Å². The molecule has 2 rings (SSSR count). The minimum atomic E-state index is -0.606. The van der Waals surface area contributed by atoms with Crippen molar-refractivity contribution in [3.05, 3.63) is 0 Å². The predicted molar refractivity (Wildman–Crippen MR) is 49.5 cm³/mol. The molecule has 0 amide bonds. The van der Waals surface area contributed by atoms with Crippen molar-refractivity contribution in [1.29, 1.82) is 0 Å². The van der Waals surface area contributed by atoms with Gasteiger partial charge in [-0.25, -0.2) is 0 Å². The van der Waals surface area contributed by atoms with E-state index >= 15 is 0 Å². The Hall–Kier alpha value is -0.570. The molecular weight excluding hydrogens is 166 g/mol. The second kappa shape index (κ2) is 2.71. The number of rotatable bonds is 2. The first-order chi connectivity index (χ1) is 6.09. The molecule has 1 heterocycles. The van der Waals surface area contributed by atoms with Crippen LogP contribution in [0.3, 0.4) is 0 Å². The van der Waals surface area contributed by atoms with E-state index in [1.807, 2.05) is 0 Å². The number of hydrogen-bond donors (Lipinski definition) is 1. The molecule has 3 nitrogen and oxygen atoms in total. The van der Waals surface area contributed by atoms with Crippen LogP contribution in [0.5, 0.6) is 0 Å². The van der Waals surface area contributed by atoms with Crippen LogP contribution in [0.15, 0.2) is 0 Å². The maximum atomic E-state index is 11.2. The lowest BCUT2D eigenvalue weighted by Crippen LogP contribution is -2.51. The highest BCUT2D eigenvalue weighted by atomic mass is 16.4. The molecule has 74 valence electrons. The fourth-order valence-corrected chi connectivity index (χ4v) is 2.82. The van der Waals surface area contributed by atoms with Crippen molar-refractivity contribution in [2.75, 3.05) is 6.54 Å². The maximum Gasteiger partial charge on any atom is 0.324 e. The monoisotopic (exact) mass is 183 g/mol. The van der Waals surface area contributed by atoms with Gasteiger partial charge in [0.15, 0.2) is 0 Å². The van der Waals surface area contributed by atoms with Crippen molar-refractivity contribution < 1.29 is 9.90 Å². The third-order valence-electron chi connectivity index (χ3n) is 3.53. The third-order valence-corrected chi connectivity index (χ3v) is 3.53. The SMILES string of the molecule is CC(C)N1CCC[C@@H]2C[C@@]21C(=O)O. The lowest BCUT2D eigenvalue weighted by Gasteiger charge is -2.36. The number of carbonyl (C=O) groups is 1. The van der Waals surface area contributed by atoms with Crippen LogP contribution < -0.4 is 0 Å². The minimum Gasteiger partial charge on any atom is -0.480 e. The second-order valence-electron chi connectivity index (χ2n) is 4.56. The first-order valence-corrected chi connectivity index (χ1v) is 5.09. The highest BCUT2D eigenvalue weighted by Gasteiger charge is 2.65. The molecule has 0 bridgehead atoms. The van der Waals surface area contributed by atoms with E-state index in [2.05, 4.69) is 18.7 Å². The van der Waals surface area contributed by atoms with Crippen LogP contribution in [0.1, 0.15) is 33.1 Å². The van der Waals surface area contributed by atoms with E-state index in [1.54, 1.807) is 0 Å². The Labute approximate surface area is 78.7 Å². The molecule has 0 unspecified atom stereocenters. The van der Waals surface area contributed by atoms with Crippen LogP contribution in [0.25, 0.3) is 0 Å². The van der Waals surface area contributed by atoms with Gasteiger partial charge in [-0.2, -0.15) is 0 Å². The number of nitrogens with zero attached hydrogens (tertiary/aromatic N) is 1. The molecule has 0 aromatic rings. The van der Waals surface area contributed by atoms with E-state index < -0.39 is 11.5 Å². The zero-order valence-electron chi connectivity index (χ0n) is 8.29. The highest BCUT2D eigenvalue weighted by Crippen LogP contribution is 2.54. The summed E-state index contributed by atoms with van der Waals surface area (Å²) in [5, 5.41) is 9.22. The lowest BCUT2D eigenvalue weighted by molar-refractivity contribution is -0.148. The second-order valence-corrected chi connectivity index (χ2v) is 4.56. The summed E-state index contributed by atoms with van der Waals surface area (Å²) in [5.41, 5.74) is -0.466. The summed E-state index contributed by atoms with van der Waals surface area (Å²) in [5.74, 6) is -0.174. The van der Waals surface area contributed by atoms with Crippen molar-refractivity contribution in [2.24, 2.45) is 5.92 Å². The Morgan fingerprint density at radius 2 is 2.31 bits per heavy atom. The number of aliphatic carboxylic acids is 1. The molecule has 1 saturated heterocycles. The van der Waals surface area contributed by atoms with Gasteiger partial charge in [-0.1, -0.05) is 0 Å². The predicted octanol–water partition coefficient (Wildman–Crippen LogP) is 1.33. The molecule has 1 N–H and O–H groups in total. The molecule has 0 spiro atoms. The molecule has 1 saturated carbocycles. The summed E-state index contributed by atoms with van der Waals surface area (Å²) in [7, 11) is 0. The van der Waals surface area contributed by atoms with Crippen LogP contribution >= 0.6 is 0 Å². The summed E-state index contributed by atoms with van der Waals surface area (Å²) < 4.78 is 0. The van der Waals surface area contributed by atoms with Crippen molar-refractivity contribution >= 4 is 5.97 Å². The van der Waals surface area contributed by atoms with Gasteiger partial charge in [0.05, 0.1) is 0 Å². The van der Waals surface area contributed by atoms with Gasteiger partial charge in [0.1, 0.15) is 5.54 Å². The Kier molecular flexibility index (Phi) is 1.88. The van der Waals surface area contributed by atoms with E-state index in [0.717, 1.165) is 25.8 Å². The van der Waals surface area contributed by atoms with E-state index in [1.165, 1.54) is 0 Å². The van der Waals surface area contributed by atoms with E-state index in [-0.39, 0.29) is 0 Å². The number of fused-ring (bicyclic) bond motifs is 1. The summed E-state index contributed by atoms with van der Waals surface area (Å²) in [4.78, 5) is 13.4. The average molecular weight is 183 g/mol. The van der Waals surface area contributed by atoms with Crippen LogP contribution in [-0.2, 0) is 4.79 Å². The van der Waals surface area contributed by atoms with Crippen molar-refractivity contribution in [2.45, 2.75) is 44.7 Å². The number of carboxylic acid groups (broad SMARTS) is 1. The van der Waals surface area contributed by atoms with E-state index in [9.17, 15) is 9.90 Å². The quantitative estimate of drug-likeness (QED) is 0.702. The van der Waals surface area contributed by atoms with Gasteiger partial charge in [0, 0.05) is 6.04 Å². The topological polar surface area (TPSA) is 40.5 Å². The zero-order chi connectivity index (χ0) is 9.64. The largest absolute Gasteiger partial charge is 0.480 e. The summed E-state index contributed by atoms with van der Waals surface area (Å²) in [6, 6.07) is 0.362. The molecule has 0 aromatic carbocycles. The molecule has 0 radical (unpaired) electrons. The summed E-state index contributed by atoms with van der Waals surface area (Å²) in [6.07, 6.45) is 3.15. The number of piperidine rings is 1. The maximum absolute atomic E-state index is 11.2. The molecule has 2 fully saturated rings. The molecule has 2 atom stereocenters. The molecule has 2 aliphatic rings. The van der Waals surface area contributed by atoms with Crippen molar-refractivity contribution in [3.8, 4) is 0 Å². The fraction of sp³-hybridized carbons (Fsp3) is 0.900. The standard InChI is InChI=1S/C10H17NO2/c1-7(2)11-5-3-4-8-6-10(8,11)9(12)13/h7-8H,3-6H2,1-2H3,(H,12,13)/t8-,10+/m1/s1. The van der Waals surface area contributed by atoms with E-state index in [0.29, 0.717) is 12.0 Å². The summed E-state index contributed by atoms with van der Waals surface area (Å²) >= 11 is 0. The Morgan fingerprint density at radius 3 is 2.77 bits per heavy atom. The van der Waals surface area contributed by atoms with Gasteiger partial charge in [-0.3, -0.25) is 9.69 Å². The van der Waals surface area contributed by atoms with Gasteiger partial charge in [0.25, 0.3) is 0 Å². The Balaban J connectivity index is 2.21. The van der Waals surface area contributed by atoms with Crippen LogP contribution in [0.4, 0.5) is 0 Å². The van der Waals surface area contributed by atoms with Crippen LogP contribution in [-0.4, -0.2) is 34.1 Å². The Bertz CT molecular complexity index is 239. The fourth-order valence-electron chi connectivity index (χ4n) is 2.82. The van der Waals surface area contributed by atoms with Gasteiger partial charge < -0.3 is 5.11 Å². The molecule has 1 aliphatic carbocycles. The summed E-state index contributed by atoms with van der Waals surface area (Å²) in [6.45, 7) is 5.14. The highest BCUT2D eigenvalue weighted by molar-refractivity contribution is 5.83. The Morgan fingerprint density at radius 1 is 1.62 bits per heavy atom. The smallest absolute Gasteiger partial charge is 0.324 e. The first-order valence-electron chi connectivity index (χ1n) is 5.09. The molecule has 0 aromatic heterocycles. The molecular formula is C10H17NO2. The number of likely N-dealkylation sites (tertiary alicyclic amines) is 1. The third kappa shape index (κ3) is 1.10. The number of carboxylic acids is 1. The number of hydrogen-bond acceptors (Lipinski definition) is 2. The first kappa shape index (κ1) is 9.00. The molecule has 13 heavy (non-hydrogen) atoms. The normalized spacial score (nSPS) is 38.8. The van der Waals surface area contributed by atoms with Gasteiger partial charge >= 0.3 is 5.97 Å². The van der Waals surface area contributed by atoms with E-state index in [4.69, 9.17) is 0 Å². The van der Waals surface area contributed by atoms with Gasteiger partial charge in [-0.15, -0.1) is 0 Å². The zero-order valence-corrected chi connectivity index (χ0v) is 8.29. The molecule has 1 aliphatic heterocycles. The van der Waals surface area contributed by atoms with Gasteiger partial charge in [-0.05, 0) is 45.6 Å². The average Bonchev–Trinajstić information content (AvgIpc) is 2.77. The van der Waals surface area contributed by atoms with Crippen LogP contribution in [0, 0.1) is 5.92 Å². The van der Waals surface area contributed by atoms with Crippen molar-refractivity contribution in [3.63, 3.8) is 0 Å². The van der Waals surface area contributed by atoms with Crippen LogP contribution in [0.2, 0.25) is 0 Å². The lowest BCUT2D eigenvalue weighted by atomic mass is 10.0. The molecule has 3 heteroatoms. The minimum absolute atomic E-state index is 0.362.